The topological polar surface area (TPSA) is 109 Å². The fraction of sp³-hybridized carbons (Fsp3) is 0. The molecule has 1 aromatic carbocycles. The van der Waals surface area contributed by atoms with Crippen LogP contribution in [0, 0.1) is 5.82 Å². The molecule has 0 amide bonds. The van der Waals surface area contributed by atoms with Crippen molar-refractivity contribution in [3.05, 3.63) is 79.3 Å². The smallest absolute Gasteiger partial charge is 0.131 e. The lowest BCUT2D eigenvalue weighted by molar-refractivity contribution is 0.631. The summed E-state index contributed by atoms with van der Waals surface area (Å²) in [6.45, 7) is 0. The van der Waals surface area contributed by atoms with Gasteiger partial charge in [-0.05, 0) is 24.3 Å². The second kappa shape index (κ2) is 6.98. The number of nitrogen functional groups attached to an aromatic ring is 1. The number of rotatable bonds is 3. The summed E-state index contributed by atoms with van der Waals surface area (Å²) in [6, 6.07) is 12.4. The van der Waals surface area contributed by atoms with Gasteiger partial charge in [0.05, 0.1) is 40.5 Å². The van der Waals surface area contributed by atoms with Gasteiger partial charge in [-0.15, -0.1) is 0 Å². The van der Waals surface area contributed by atoms with Crippen molar-refractivity contribution in [2.24, 2.45) is 0 Å². The van der Waals surface area contributed by atoms with E-state index < -0.39 is 0 Å². The van der Waals surface area contributed by atoms with Crippen molar-refractivity contribution in [2.75, 3.05) is 5.73 Å². The minimum absolute atomic E-state index is 0.291. The lowest BCUT2D eigenvalue weighted by atomic mass is 10.0. The normalized spacial score (nSPS) is 11.4. The van der Waals surface area contributed by atoms with Crippen LogP contribution < -0.4 is 5.73 Å². The van der Waals surface area contributed by atoms with E-state index in [-0.39, 0.29) is 5.82 Å². The van der Waals surface area contributed by atoms with Gasteiger partial charge in [-0.25, -0.2) is 4.39 Å². The van der Waals surface area contributed by atoms with E-state index in [4.69, 9.17) is 5.73 Å². The van der Waals surface area contributed by atoms with Gasteiger partial charge in [0.25, 0.3) is 0 Å². The maximum absolute atomic E-state index is 14.4. The number of H-pyrrole nitrogens is 2. The molecule has 0 aliphatic rings. The molecule has 0 spiro atoms. The van der Waals surface area contributed by atoms with Crippen LogP contribution in [0.5, 0.6) is 0 Å². The Balaban J connectivity index is 1.52. The Hall–Kier alpha value is -4.59. The quantitative estimate of drug-likeness (QED) is 0.374. The van der Waals surface area contributed by atoms with Crippen LogP contribution in [0.25, 0.3) is 55.6 Å². The van der Waals surface area contributed by atoms with Crippen LogP contribution in [0.15, 0.2) is 73.4 Å². The van der Waals surface area contributed by atoms with Crippen molar-refractivity contribution >= 4 is 27.5 Å². The third-order valence-corrected chi connectivity index (χ3v) is 5.47. The number of aromatic nitrogens is 6. The minimum atomic E-state index is -0.291. The molecule has 0 radical (unpaired) electrons. The van der Waals surface area contributed by atoms with Gasteiger partial charge in [0.15, 0.2) is 0 Å². The Kier molecular flexibility index (Phi) is 3.97. The van der Waals surface area contributed by atoms with E-state index in [0.29, 0.717) is 11.3 Å². The summed E-state index contributed by atoms with van der Waals surface area (Å²) < 4.78 is 14.4. The fourth-order valence-corrected chi connectivity index (χ4v) is 3.95. The standard InChI is InChI=1S/C24H16FN7/c25-19-4-2-1-3-15(19)18-10-28-11-22-16(18)6-21(30-22)24-17-7-20(29-12-23(17)31-32-24)13-5-14(26)9-27-8-13/h1-12,30H,26H2,(H,31,32). The molecular weight excluding hydrogens is 405 g/mol. The van der Waals surface area contributed by atoms with E-state index in [1.54, 1.807) is 43.1 Å². The number of aromatic amines is 2. The Morgan fingerprint density at radius 1 is 0.812 bits per heavy atom. The Morgan fingerprint density at radius 2 is 1.69 bits per heavy atom. The van der Waals surface area contributed by atoms with E-state index in [1.165, 1.54) is 6.07 Å². The van der Waals surface area contributed by atoms with Crippen LogP contribution in [0.1, 0.15) is 0 Å². The molecule has 8 heteroatoms. The summed E-state index contributed by atoms with van der Waals surface area (Å²) in [5, 5.41) is 9.29. The number of pyridine rings is 3. The van der Waals surface area contributed by atoms with Crippen LogP contribution in [0.2, 0.25) is 0 Å². The van der Waals surface area contributed by atoms with Gasteiger partial charge in [0.1, 0.15) is 11.5 Å². The summed E-state index contributed by atoms with van der Waals surface area (Å²) in [5.41, 5.74) is 12.4. The Labute approximate surface area is 181 Å². The summed E-state index contributed by atoms with van der Waals surface area (Å²) in [4.78, 5) is 16.3. The number of nitrogens with one attached hydrogen (secondary N) is 2. The minimum Gasteiger partial charge on any atom is -0.397 e. The van der Waals surface area contributed by atoms with Crippen molar-refractivity contribution in [3.63, 3.8) is 0 Å². The van der Waals surface area contributed by atoms with E-state index in [1.807, 2.05) is 24.3 Å². The highest BCUT2D eigenvalue weighted by molar-refractivity contribution is 6.01. The number of nitrogens with zero attached hydrogens (tertiary/aromatic N) is 4. The molecule has 0 atom stereocenters. The molecule has 6 rings (SSSR count). The summed E-state index contributed by atoms with van der Waals surface area (Å²) in [5.74, 6) is -0.291. The van der Waals surface area contributed by atoms with E-state index in [0.717, 1.165) is 50.0 Å². The van der Waals surface area contributed by atoms with Crippen molar-refractivity contribution < 1.29 is 4.39 Å². The SMILES string of the molecule is Nc1cncc(-c2cc3c(-c4cc5c(-c6ccccc6F)cncc5[nH]4)n[nH]c3cn2)c1. The average molecular weight is 421 g/mol. The first-order valence-electron chi connectivity index (χ1n) is 9.94. The molecular formula is C24H16FN7. The second-order valence-electron chi connectivity index (χ2n) is 7.51. The van der Waals surface area contributed by atoms with Gasteiger partial charge in [0, 0.05) is 46.1 Å². The van der Waals surface area contributed by atoms with Crippen LogP contribution in [0.3, 0.4) is 0 Å². The highest BCUT2D eigenvalue weighted by Gasteiger charge is 2.16. The molecule has 154 valence electrons. The summed E-state index contributed by atoms with van der Waals surface area (Å²) in [7, 11) is 0. The molecule has 5 aromatic heterocycles. The maximum atomic E-state index is 14.4. The number of benzene rings is 1. The van der Waals surface area contributed by atoms with Crippen LogP contribution in [-0.2, 0) is 0 Å². The monoisotopic (exact) mass is 421 g/mol. The lowest BCUT2D eigenvalue weighted by Crippen LogP contribution is -1.89. The molecule has 32 heavy (non-hydrogen) atoms. The maximum Gasteiger partial charge on any atom is 0.131 e. The molecule has 6 aromatic rings. The first kappa shape index (κ1) is 18.2. The van der Waals surface area contributed by atoms with Crippen molar-refractivity contribution in [3.8, 4) is 33.8 Å². The first-order chi connectivity index (χ1) is 15.7. The Bertz CT molecular complexity index is 1620. The number of nitrogens with two attached hydrogens (primary N) is 1. The second-order valence-corrected chi connectivity index (χ2v) is 7.51. The number of anilines is 1. The van der Waals surface area contributed by atoms with Crippen molar-refractivity contribution in [1.29, 1.82) is 0 Å². The largest absolute Gasteiger partial charge is 0.397 e. The zero-order valence-corrected chi connectivity index (χ0v) is 16.7. The lowest BCUT2D eigenvalue weighted by Gasteiger charge is -2.03. The molecule has 0 fully saturated rings. The number of fused-ring (bicyclic) bond motifs is 2. The highest BCUT2D eigenvalue weighted by Crippen LogP contribution is 2.35. The molecule has 0 aliphatic heterocycles. The zero-order chi connectivity index (χ0) is 21.7. The zero-order valence-electron chi connectivity index (χ0n) is 16.7. The average Bonchev–Trinajstić information content (AvgIpc) is 3.43. The Morgan fingerprint density at radius 3 is 2.56 bits per heavy atom. The molecule has 0 bridgehead atoms. The predicted molar refractivity (Wildman–Crippen MR) is 122 cm³/mol. The fourth-order valence-electron chi connectivity index (χ4n) is 3.95. The van der Waals surface area contributed by atoms with Gasteiger partial charge in [-0.1, -0.05) is 18.2 Å². The summed E-state index contributed by atoms with van der Waals surface area (Å²) >= 11 is 0. The van der Waals surface area contributed by atoms with Gasteiger partial charge in [-0.2, -0.15) is 5.10 Å². The van der Waals surface area contributed by atoms with Crippen LogP contribution >= 0.6 is 0 Å². The first-order valence-corrected chi connectivity index (χ1v) is 9.94. The van der Waals surface area contributed by atoms with Crippen LogP contribution in [-0.4, -0.2) is 30.1 Å². The van der Waals surface area contributed by atoms with Gasteiger partial charge in [0.2, 0.25) is 0 Å². The third kappa shape index (κ3) is 2.89. The highest BCUT2D eigenvalue weighted by atomic mass is 19.1. The number of hydrogen-bond donors (Lipinski definition) is 3. The van der Waals surface area contributed by atoms with E-state index in [9.17, 15) is 4.39 Å². The molecule has 7 nitrogen and oxygen atoms in total. The molecule has 0 aliphatic carbocycles. The van der Waals surface area contributed by atoms with Gasteiger partial charge < -0.3 is 10.7 Å². The number of hydrogen-bond acceptors (Lipinski definition) is 5. The molecule has 5 heterocycles. The van der Waals surface area contributed by atoms with Crippen LogP contribution in [0.4, 0.5) is 10.1 Å². The van der Waals surface area contributed by atoms with Gasteiger partial charge in [-0.3, -0.25) is 20.1 Å². The summed E-state index contributed by atoms with van der Waals surface area (Å²) in [6.07, 6.45) is 8.45. The molecule has 0 saturated carbocycles. The van der Waals surface area contributed by atoms with E-state index >= 15 is 0 Å². The van der Waals surface area contributed by atoms with Gasteiger partial charge >= 0.3 is 0 Å². The predicted octanol–water partition coefficient (Wildman–Crippen LogP) is 4.95. The molecule has 0 unspecified atom stereocenters. The van der Waals surface area contributed by atoms with Crippen molar-refractivity contribution in [2.45, 2.75) is 0 Å². The van der Waals surface area contributed by atoms with Crippen molar-refractivity contribution in [1.82, 2.24) is 30.1 Å². The molecule has 4 N–H and O–H groups in total. The third-order valence-electron chi connectivity index (χ3n) is 5.47. The number of halogens is 1. The molecule has 0 saturated heterocycles. The van der Waals surface area contributed by atoms with E-state index in [2.05, 4.69) is 30.1 Å².